The average molecular weight is 229 g/mol. The SMILES string of the molecule is CCOCC(C)OCCCCCNC1CC1. The molecule has 0 heterocycles. The molecule has 1 aliphatic carbocycles. The van der Waals surface area contributed by atoms with Gasteiger partial charge in [0.15, 0.2) is 0 Å². The van der Waals surface area contributed by atoms with Gasteiger partial charge in [-0.3, -0.25) is 0 Å². The molecule has 1 atom stereocenters. The molecule has 0 saturated heterocycles. The van der Waals surface area contributed by atoms with Crippen LogP contribution >= 0.6 is 0 Å². The molecule has 3 heteroatoms. The summed E-state index contributed by atoms with van der Waals surface area (Å²) in [4.78, 5) is 0. The van der Waals surface area contributed by atoms with Crippen LogP contribution in [0.1, 0.15) is 46.0 Å². The molecule has 0 aromatic heterocycles. The molecule has 16 heavy (non-hydrogen) atoms. The molecule has 0 aromatic carbocycles. The van der Waals surface area contributed by atoms with Gasteiger partial charge in [-0.1, -0.05) is 0 Å². The molecule has 3 nitrogen and oxygen atoms in total. The number of hydrogen-bond acceptors (Lipinski definition) is 3. The Morgan fingerprint density at radius 1 is 1.25 bits per heavy atom. The zero-order valence-corrected chi connectivity index (χ0v) is 10.8. The van der Waals surface area contributed by atoms with Gasteiger partial charge in [0, 0.05) is 19.3 Å². The highest BCUT2D eigenvalue weighted by atomic mass is 16.5. The molecule has 96 valence electrons. The van der Waals surface area contributed by atoms with Gasteiger partial charge in [-0.05, 0) is 52.5 Å². The van der Waals surface area contributed by atoms with Gasteiger partial charge in [0.25, 0.3) is 0 Å². The maximum atomic E-state index is 5.64. The number of ether oxygens (including phenoxy) is 2. The lowest BCUT2D eigenvalue weighted by Crippen LogP contribution is -2.18. The smallest absolute Gasteiger partial charge is 0.0780 e. The normalized spacial score (nSPS) is 17.6. The largest absolute Gasteiger partial charge is 0.379 e. The zero-order valence-electron chi connectivity index (χ0n) is 10.8. The van der Waals surface area contributed by atoms with Gasteiger partial charge in [0.05, 0.1) is 12.7 Å². The van der Waals surface area contributed by atoms with E-state index in [1.54, 1.807) is 0 Å². The molecule has 1 rings (SSSR count). The molecule has 0 bridgehead atoms. The van der Waals surface area contributed by atoms with E-state index in [-0.39, 0.29) is 6.10 Å². The average Bonchev–Trinajstić information content (AvgIpc) is 3.09. The van der Waals surface area contributed by atoms with Gasteiger partial charge in [-0.25, -0.2) is 0 Å². The summed E-state index contributed by atoms with van der Waals surface area (Å²) in [5.41, 5.74) is 0. The van der Waals surface area contributed by atoms with Crippen LogP contribution in [0.4, 0.5) is 0 Å². The second kappa shape index (κ2) is 8.97. The summed E-state index contributed by atoms with van der Waals surface area (Å²) < 4.78 is 10.9. The Balaban J connectivity index is 1.72. The van der Waals surface area contributed by atoms with Crippen LogP contribution in [0.5, 0.6) is 0 Å². The maximum absolute atomic E-state index is 5.64. The van der Waals surface area contributed by atoms with Crippen LogP contribution in [-0.2, 0) is 9.47 Å². The standard InChI is InChI=1S/C13H27NO2/c1-3-15-11-12(2)16-10-6-4-5-9-14-13-7-8-13/h12-14H,3-11H2,1-2H3. The van der Waals surface area contributed by atoms with E-state index >= 15 is 0 Å². The van der Waals surface area contributed by atoms with Crippen LogP contribution in [0.3, 0.4) is 0 Å². The minimum Gasteiger partial charge on any atom is -0.379 e. The third-order valence-corrected chi connectivity index (χ3v) is 2.79. The molecular weight excluding hydrogens is 202 g/mol. The van der Waals surface area contributed by atoms with Gasteiger partial charge in [0.1, 0.15) is 0 Å². The van der Waals surface area contributed by atoms with Crippen molar-refractivity contribution in [2.45, 2.75) is 58.1 Å². The van der Waals surface area contributed by atoms with Crippen LogP contribution in [0, 0.1) is 0 Å². The first-order valence-electron chi connectivity index (χ1n) is 6.75. The third-order valence-electron chi connectivity index (χ3n) is 2.79. The van der Waals surface area contributed by atoms with E-state index in [9.17, 15) is 0 Å². The zero-order chi connectivity index (χ0) is 11.6. The van der Waals surface area contributed by atoms with Crippen molar-refractivity contribution in [3.05, 3.63) is 0 Å². The van der Waals surface area contributed by atoms with Gasteiger partial charge < -0.3 is 14.8 Å². The molecule has 0 aromatic rings. The van der Waals surface area contributed by atoms with Crippen molar-refractivity contribution in [2.24, 2.45) is 0 Å². The van der Waals surface area contributed by atoms with E-state index in [2.05, 4.69) is 12.2 Å². The molecule has 1 unspecified atom stereocenters. The lowest BCUT2D eigenvalue weighted by Gasteiger charge is -2.12. The van der Waals surface area contributed by atoms with Crippen molar-refractivity contribution in [1.82, 2.24) is 5.32 Å². The van der Waals surface area contributed by atoms with Crippen LogP contribution < -0.4 is 5.32 Å². The van der Waals surface area contributed by atoms with Crippen molar-refractivity contribution in [2.75, 3.05) is 26.4 Å². The number of hydrogen-bond donors (Lipinski definition) is 1. The molecule has 0 aliphatic heterocycles. The Labute approximate surface area is 99.9 Å². The molecule has 1 aliphatic rings. The molecular formula is C13H27NO2. The maximum Gasteiger partial charge on any atom is 0.0780 e. The topological polar surface area (TPSA) is 30.5 Å². The summed E-state index contributed by atoms with van der Waals surface area (Å²) in [6, 6.07) is 0.850. The number of nitrogens with one attached hydrogen (secondary N) is 1. The fourth-order valence-electron chi connectivity index (χ4n) is 1.61. The molecule has 0 amide bonds. The summed E-state index contributed by atoms with van der Waals surface area (Å²) in [5.74, 6) is 0. The van der Waals surface area contributed by atoms with Gasteiger partial charge in [-0.15, -0.1) is 0 Å². The Kier molecular flexibility index (Phi) is 7.81. The van der Waals surface area contributed by atoms with E-state index in [1.807, 2.05) is 6.92 Å². The molecule has 1 saturated carbocycles. The van der Waals surface area contributed by atoms with Crippen molar-refractivity contribution < 1.29 is 9.47 Å². The highest BCUT2D eigenvalue weighted by Crippen LogP contribution is 2.18. The molecule has 0 radical (unpaired) electrons. The van der Waals surface area contributed by atoms with E-state index < -0.39 is 0 Å². The highest BCUT2D eigenvalue weighted by molar-refractivity contribution is 4.80. The van der Waals surface area contributed by atoms with Crippen molar-refractivity contribution >= 4 is 0 Å². The van der Waals surface area contributed by atoms with E-state index in [0.717, 1.165) is 25.9 Å². The number of rotatable bonds is 11. The molecule has 1 fully saturated rings. The van der Waals surface area contributed by atoms with Crippen LogP contribution in [0.25, 0.3) is 0 Å². The first-order chi connectivity index (χ1) is 7.83. The summed E-state index contributed by atoms with van der Waals surface area (Å²) in [7, 11) is 0. The summed E-state index contributed by atoms with van der Waals surface area (Å²) in [5, 5.41) is 3.52. The lowest BCUT2D eigenvalue weighted by molar-refractivity contribution is -0.00454. The monoisotopic (exact) mass is 229 g/mol. The van der Waals surface area contributed by atoms with Crippen LogP contribution in [-0.4, -0.2) is 38.5 Å². The fraction of sp³-hybridized carbons (Fsp3) is 1.00. The van der Waals surface area contributed by atoms with Gasteiger partial charge in [-0.2, -0.15) is 0 Å². The fourth-order valence-corrected chi connectivity index (χ4v) is 1.61. The first kappa shape index (κ1) is 13.9. The number of unbranched alkanes of at least 4 members (excludes halogenated alkanes) is 2. The third kappa shape index (κ3) is 8.08. The van der Waals surface area contributed by atoms with E-state index in [0.29, 0.717) is 0 Å². The summed E-state index contributed by atoms with van der Waals surface area (Å²) in [6.45, 7) is 7.64. The molecule has 1 N–H and O–H groups in total. The Morgan fingerprint density at radius 3 is 2.75 bits per heavy atom. The molecule has 0 spiro atoms. The second-order valence-electron chi connectivity index (χ2n) is 4.63. The Bertz CT molecular complexity index is 160. The Morgan fingerprint density at radius 2 is 2.06 bits per heavy atom. The highest BCUT2D eigenvalue weighted by Gasteiger charge is 2.19. The van der Waals surface area contributed by atoms with E-state index in [1.165, 1.54) is 38.6 Å². The first-order valence-corrected chi connectivity index (χ1v) is 6.75. The summed E-state index contributed by atoms with van der Waals surface area (Å²) in [6.07, 6.45) is 6.73. The lowest BCUT2D eigenvalue weighted by atomic mass is 10.2. The van der Waals surface area contributed by atoms with Crippen LogP contribution in [0.2, 0.25) is 0 Å². The minimum atomic E-state index is 0.240. The minimum absolute atomic E-state index is 0.240. The quantitative estimate of drug-likeness (QED) is 0.552. The van der Waals surface area contributed by atoms with Gasteiger partial charge >= 0.3 is 0 Å². The van der Waals surface area contributed by atoms with Crippen molar-refractivity contribution in [3.63, 3.8) is 0 Å². The summed E-state index contributed by atoms with van der Waals surface area (Å²) >= 11 is 0. The van der Waals surface area contributed by atoms with E-state index in [4.69, 9.17) is 9.47 Å². The van der Waals surface area contributed by atoms with Crippen molar-refractivity contribution in [1.29, 1.82) is 0 Å². The van der Waals surface area contributed by atoms with Gasteiger partial charge in [0.2, 0.25) is 0 Å². The second-order valence-corrected chi connectivity index (χ2v) is 4.63. The Hall–Kier alpha value is -0.120. The predicted octanol–water partition coefficient (Wildman–Crippen LogP) is 2.35. The van der Waals surface area contributed by atoms with Crippen LogP contribution in [0.15, 0.2) is 0 Å². The van der Waals surface area contributed by atoms with Crippen molar-refractivity contribution in [3.8, 4) is 0 Å². The predicted molar refractivity (Wildman–Crippen MR) is 66.8 cm³/mol.